The Morgan fingerprint density at radius 2 is 1.94 bits per heavy atom. The van der Waals surface area contributed by atoms with E-state index >= 15 is 0 Å². The number of aryl methyl sites for hydroxylation is 1. The van der Waals surface area contributed by atoms with E-state index in [1.54, 1.807) is 19.1 Å². The Balaban J connectivity index is 0.00000106. The van der Waals surface area contributed by atoms with Gasteiger partial charge in [0, 0.05) is 0 Å². The van der Waals surface area contributed by atoms with Gasteiger partial charge in [-0.1, -0.05) is 26.8 Å². The third-order valence-corrected chi connectivity index (χ3v) is 1.95. The molecule has 1 aromatic carbocycles. The van der Waals surface area contributed by atoms with Gasteiger partial charge in [-0.3, -0.25) is 0 Å². The van der Waals surface area contributed by atoms with Crippen LogP contribution in [0.3, 0.4) is 0 Å². The number of esters is 1. The summed E-state index contributed by atoms with van der Waals surface area (Å²) in [7, 11) is 0. The SMILES string of the molecule is CC.CCOC(=O)c1ccc(CC)c(F)c1. The number of carbonyl (C=O) groups excluding carboxylic acids is 1. The summed E-state index contributed by atoms with van der Waals surface area (Å²) in [6.07, 6.45) is 0.620. The zero-order valence-corrected chi connectivity index (χ0v) is 10.3. The summed E-state index contributed by atoms with van der Waals surface area (Å²) < 4.78 is 18.0. The van der Waals surface area contributed by atoms with E-state index in [4.69, 9.17) is 4.74 Å². The minimum atomic E-state index is -0.478. The van der Waals surface area contributed by atoms with E-state index in [0.717, 1.165) is 0 Å². The first kappa shape index (κ1) is 14.6. The van der Waals surface area contributed by atoms with Crippen molar-refractivity contribution < 1.29 is 13.9 Å². The second kappa shape index (κ2) is 7.85. The average molecular weight is 226 g/mol. The van der Waals surface area contributed by atoms with Gasteiger partial charge in [0.2, 0.25) is 0 Å². The van der Waals surface area contributed by atoms with Crippen LogP contribution in [0.25, 0.3) is 0 Å². The predicted octanol–water partition coefficient (Wildman–Crippen LogP) is 3.59. The molecule has 0 atom stereocenters. The molecule has 0 heterocycles. The molecule has 0 aliphatic heterocycles. The van der Waals surface area contributed by atoms with Crippen molar-refractivity contribution in [2.24, 2.45) is 0 Å². The molecular weight excluding hydrogens is 207 g/mol. The zero-order chi connectivity index (χ0) is 12.6. The van der Waals surface area contributed by atoms with Gasteiger partial charge in [-0.05, 0) is 31.0 Å². The van der Waals surface area contributed by atoms with Crippen molar-refractivity contribution in [2.75, 3.05) is 6.61 Å². The maximum absolute atomic E-state index is 13.2. The molecule has 0 saturated heterocycles. The van der Waals surface area contributed by atoms with Crippen LogP contribution in [0.15, 0.2) is 18.2 Å². The number of hydrogen-bond donors (Lipinski definition) is 0. The Labute approximate surface area is 96.4 Å². The number of hydrogen-bond acceptors (Lipinski definition) is 2. The summed E-state index contributed by atoms with van der Waals surface area (Å²) in [5.41, 5.74) is 0.875. The van der Waals surface area contributed by atoms with Crippen molar-refractivity contribution in [1.82, 2.24) is 0 Å². The first-order chi connectivity index (χ1) is 7.69. The number of carbonyl (C=O) groups is 1. The molecule has 0 saturated carbocycles. The lowest BCUT2D eigenvalue weighted by atomic mass is 10.1. The highest BCUT2D eigenvalue weighted by molar-refractivity contribution is 5.89. The fourth-order valence-corrected chi connectivity index (χ4v) is 1.18. The van der Waals surface area contributed by atoms with Gasteiger partial charge >= 0.3 is 5.97 Å². The maximum Gasteiger partial charge on any atom is 0.338 e. The summed E-state index contributed by atoms with van der Waals surface area (Å²) >= 11 is 0. The number of rotatable bonds is 3. The molecule has 1 aromatic rings. The van der Waals surface area contributed by atoms with Crippen LogP contribution in [0.1, 0.15) is 43.6 Å². The average Bonchev–Trinajstić information content (AvgIpc) is 2.32. The molecule has 0 aliphatic carbocycles. The van der Waals surface area contributed by atoms with E-state index in [1.165, 1.54) is 6.07 Å². The maximum atomic E-state index is 13.2. The highest BCUT2D eigenvalue weighted by Crippen LogP contribution is 2.11. The van der Waals surface area contributed by atoms with Crippen LogP contribution < -0.4 is 0 Å². The van der Waals surface area contributed by atoms with E-state index in [-0.39, 0.29) is 11.4 Å². The smallest absolute Gasteiger partial charge is 0.338 e. The second-order valence-electron chi connectivity index (χ2n) is 2.88. The molecule has 0 radical (unpaired) electrons. The third kappa shape index (κ3) is 4.01. The second-order valence-corrected chi connectivity index (χ2v) is 2.88. The summed E-state index contributed by atoms with van der Waals surface area (Å²) in [5.74, 6) is -0.827. The minimum Gasteiger partial charge on any atom is -0.462 e. The van der Waals surface area contributed by atoms with Crippen LogP contribution in [0.5, 0.6) is 0 Å². The van der Waals surface area contributed by atoms with Gasteiger partial charge in [-0.25, -0.2) is 9.18 Å². The standard InChI is InChI=1S/C11H13FO2.C2H6/c1-3-8-5-6-9(7-10(8)12)11(13)14-4-2;1-2/h5-7H,3-4H2,1-2H3;1-2H3. The number of halogens is 1. The van der Waals surface area contributed by atoms with Gasteiger partial charge in [0.05, 0.1) is 12.2 Å². The van der Waals surface area contributed by atoms with Gasteiger partial charge in [0.15, 0.2) is 0 Å². The Kier molecular flexibility index (Phi) is 7.18. The molecular formula is C13H19FO2. The Hall–Kier alpha value is -1.38. The van der Waals surface area contributed by atoms with Gasteiger partial charge in [0.25, 0.3) is 0 Å². The van der Waals surface area contributed by atoms with E-state index in [1.807, 2.05) is 20.8 Å². The normalized spacial score (nSPS) is 9.06. The summed E-state index contributed by atoms with van der Waals surface area (Å²) in [4.78, 5) is 11.2. The number of ether oxygens (including phenoxy) is 1. The molecule has 0 N–H and O–H groups in total. The number of benzene rings is 1. The minimum absolute atomic E-state index is 0.265. The van der Waals surface area contributed by atoms with Crippen molar-refractivity contribution in [3.05, 3.63) is 35.1 Å². The fraction of sp³-hybridized carbons (Fsp3) is 0.462. The molecule has 0 fully saturated rings. The lowest BCUT2D eigenvalue weighted by Gasteiger charge is -2.03. The first-order valence-electron chi connectivity index (χ1n) is 5.64. The van der Waals surface area contributed by atoms with E-state index < -0.39 is 5.97 Å². The van der Waals surface area contributed by atoms with E-state index in [2.05, 4.69) is 0 Å². The fourth-order valence-electron chi connectivity index (χ4n) is 1.18. The summed E-state index contributed by atoms with van der Waals surface area (Å²) in [6, 6.07) is 4.42. The predicted molar refractivity (Wildman–Crippen MR) is 63.1 cm³/mol. The molecule has 0 spiro atoms. The van der Waals surface area contributed by atoms with Gasteiger partial charge in [0.1, 0.15) is 5.82 Å². The van der Waals surface area contributed by atoms with E-state index in [0.29, 0.717) is 18.6 Å². The van der Waals surface area contributed by atoms with Crippen LogP contribution in [-0.2, 0) is 11.2 Å². The molecule has 1 rings (SSSR count). The van der Waals surface area contributed by atoms with Crippen molar-refractivity contribution >= 4 is 5.97 Å². The third-order valence-electron chi connectivity index (χ3n) is 1.95. The molecule has 0 bridgehead atoms. The van der Waals surface area contributed by atoms with Crippen LogP contribution in [0.2, 0.25) is 0 Å². The van der Waals surface area contributed by atoms with Gasteiger partial charge in [-0.15, -0.1) is 0 Å². The Morgan fingerprint density at radius 1 is 1.31 bits per heavy atom. The van der Waals surface area contributed by atoms with Crippen LogP contribution >= 0.6 is 0 Å². The lowest BCUT2D eigenvalue weighted by Crippen LogP contribution is -2.05. The summed E-state index contributed by atoms with van der Waals surface area (Å²) in [6.45, 7) is 7.88. The topological polar surface area (TPSA) is 26.3 Å². The molecule has 0 amide bonds. The molecule has 2 nitrogen and oxygen atoms in total. The Bertz CT molecular complexity index is 335. The van der Waals surface area contributed by atoms with Crippen molar-refractivity contribution in [3.8, 4) is 0 Å². The van der Waals surface area contributed by atoms with Crippen LogP contribution in [0.4, 0.5) is 4.39 Å². The summed E-state index contributed by atoms with van der Waals surface area (Å²) in [5, 5.41) is 0. The largest absolute Gasteiger partial charge is 0.462 e. The molecule has 3 heteroatoms. The quantitative estimate of drug-likeness (QED) is 0.736. The molecule has 16 heavy (non-hydrogen) atoms. The lowest BCUT2D eigenvalue weighted by molar-refractivity contribution is 0.0526. The monoisotopic (exact) mass is 226 g/mol. The molecule has 90 valence electrons. The highest BCUT2D eigenvalue weighted by atomic mass is 19.1. The van der Waals surface area contributed by atoms with Crippen molar-refractivity contribution in [3.63, 3.8) is 0 Å². The highest BCUT2D eigenvalue weighted by Gasteiger charge is 2.09. The molecule has 0 aliphatic rings. The van der Waals surface area contributed by atoms with Crippen LogP contribution in [0, 0.1) is 5.82 Å². The molecule has 0 aromatic heterocycles. The van der Waals surface area contributed by atoms with Gasteiger partial charge < -0.3 is 4.74 Å². The zero-order valence-electron chi connectivity index (χ0n) is 10.3. The van der Waals surface area contributed by atoms with E-state index in [9.17, 15) is 9.18 Å². The van der Waals surface area contributed by atoms with Crippen LogP contribution in [-0.4, -0.2) is 12.6 Å². The van der Waals surface area contributed by atoms with Crippen molar-refractivity contribution in [1.29, 1.82) is 0 Å². The molecule has 0 unspecified atom stereocenters. The Morgan fingerprint density at radius 3 is 2.38 bits per heavy atom. The van der Waals surface area contributed by atoms with Crippen molar-refractivity contribution in [2.45, 2.75) is 34.1 Å². The first-order valence-corrected chi connectivity index (χ1v) is 5.64. The van der Waals surface area contributed by atoms with Gasteiger partial charge in [-0.2, -0.15) is 0 Å².